The summed E-state index contributed by atoms with van der Waals surface area (Å²) in [6, 6.07) is 7.33. The van der Waals surface area contributed by atoms with Gasteiger partial charge in [0.25, 0.3) is 0 Å². The molecule has 20 heavy (non-hydrogen) atoms. The van der Waals surface area contributed by atoms with E-state index in [0.29, 0.717) is 36.2 Å². The average molecular weight is 291 g/mol. The number of hydrogen-bond acceptors (Lipinski definition) is 4. The van der Waals surface area contributed by atoms with Crippen molar-refractivity contribution in [2.75, 3.05) is 13.2 Å². The Morgan fingerprint density at radius 3 is 2.85 bits per heavy atom. The number of benzene rings is 1. The molecule has 0 fully saturated rings. The van der Waals surface area contributed by atoms with Crippen molar-refractivity contribution in [2.45, 2.75) is 13.5 Å². The SMILES string of the molecule is CCOc1cc(C(N)=S)ccc1OCCn1cccn1. The van der Waals surface area contributed by atoms with E-state index < -0.39 is 0 Å². The molecule has 0 bridgehead atoms. The van der Waals surface area contributed by atoms with Gasteiger partial charge in [-0.25, -0.2) is 0 Å². The number of aromatic nitrogens is 2. The Bertz CT molecular complexity index is 570. The Kier molecular flexibility index (Phi) is 4.95. The zero-order chi connectivity index (χ0) is 14.4. The molecule has 2 rings (SSSR count). The Labute approximate surface area is 123 Å². The molecule has 0 aliphatic carbocycles. The summed E-state index contributed by atoms with van der Waals surface area (Å²) < 4.78 is 13.1. The Morgan fingerprint density at radius 1 is 1.35 bits per heavy atom. The molecule has 0 spiro atoms. The highest BCUT2D eigenvalue weighted by atomic mass is 32.1. The van der Waals surface area contributed by atoms with Crippen LogP contribution in [-0.4, -0.2) is 28.0 Å². The molecule has 0 saturated heterocycles. The van der Waals surface area contributed by atoms with E-state index >= 15 is 0 Å². The summed E-state index contributed by atoms with van der Waals surface area (Å²) in [4.78, 5) is 0.342. The Balaban J connectivity index is 2.03. The second kappa shape index (κ2) is 6.91. The van der Waals surface area contributed by atoms with E-state index in [-0.39, 0.29) is 0 Å². The molecule has 0 amide bonds. The summed E-state index contributed by atoms with van der Waals surface area (Å²) in [7, 11) is 0. The normalized spacial score (nSPS) is 10.2. The first-order valence-corrected chi connectivity index (χ1v) is 6.78. The molecule has 1 aromatic heterocycles. The third-order valence-electron chi connectivity index (χ3n) is 2.67. The van der Waals surface area contributed by atoms with Gasteiger partial charge in [0.05, 0.1) is 13.2 Å². The Hall–Kier alpha value is -2.08. The lowest BCUT2D eigenvalue weighted by molar-refractivity contribution is 0.262. The number of thiocarbonyl (C=S) groups is 1. The first-order valence-electron chi connectivity index (χ1n) is 6.37. The maximum absolute atomic E-state index is 5.73. The number of ether oxygens (including phenoxy) is 2. The molecule has 0 saturated carbocycles. The third-order valence-corrected chi connectivity index (χ3v) is 2.90. The lowest BCUT2D eigenvalue weighted by Gasteiger charge is -2.13. The predicted octanol–water partition coefficient (Wildman–Crippen LogP) is 1.99. The van der Waals surface area contributed by atoms with E-state index in [1.807, 2.05) is 36.0 Å². The van der Waals surface area contributed by atoms with Crippen molar-refractivity contribution >= 4 is 17.2 Å². The second-order valence-corrected chi connectivity index (χ2v) is 4.52. The van der Waals surface area contributed by atoms with Crippen LogP contribution in [0.1, 0.15) is 12.5 Å². The predicted molar refractivity (Wildman–Crippen MR) is 81.2 cm³/mol. The van der Waals surface area contributed by atoms with Crippen molar-refractivity contribution in [2.24, 2.45) is 5.73 Å². The highest BCUT2D eigenvalue weighted by Crippen LogP contribution is 2.28. The molecule has 1 heterocycles. The molecule has 0 atom stereocenters. The number of nitrogens with zero attached hydrogens (tertiary/aromatic N) is 2. The van der Waals surface area contributed by atoms with E-state index in [9.17, 15) is 0 Å². The molecule has 0 radical (unpaired) electrons. The minimum absolute atomic E-state index is 0.342. The average Bonchev–Trinajstić information content (AvgIpc) is 2.93. The van der Waals surface area contributed by atoms with Crippen LogP contribution < -0.4 is 15.2 Å². The molecule has 6 heteroatoms. The van der Waals surface area contributed by atoms with Crippen LogP contribution in [0.2, 0.25) is 0 Å². The molecule has 0 aliphatic heterocycles. The van der Waals surface area contributed by atoms with Gasteiger partial charge in [-0.2, -0.15) is 5.10 Å². The maximum atomic E-state index is 5.73. The van der Waals surface area contributed by atoms with Crippen molar-refractivity contribution in [3.05, 3.63) is 42.2 Å². The summed E-state index contributed by atoms with van der Waals surface area (Å²) in [5.74, 6) is 1.33. The van der Waals surface area contributed by atoms with Crippen molar-refractivity contribution < 1.29 is 9.47 Å². The quantitative estimate of drug-likeness (QED) is 0.791. The molecular weight excluding hydrogens is 274 g/mol. The van der Waals surface area contributed by atoms with Crippen LogP contribution >= 0.6 is 12.2 Å². The summed E-state index contributed by atoms with van der Waals surface area (Å²) in [5, 5.41) is 4.12. The van der Waals surface area contributed by atoms with Gasteiger partial charge in [-0.1, -0.05) is 12.2 Å². The zero-order valence-corrected chi connectivity index (χ0v) is 12.1. The molecule has 2 aromatic rings. The minimum atomic E-state index is 0.342. The van der Waals surface area contributed by atoms with Gasteiger partial charge in [0.2, 0.25) is 0 Å². The van der Waals surface area contributed by atoms with Gasteiger partial charge < -0.3 is 15.2 Å². The highest BCUT2D eigenvalue weighted by Gasteiger charge is 2.08. The van der Waals surface area contributed by atoms with E-state index in [2.05, 4.69) is 5.10 Å². The molecule has 0 unspecified atom stereocenters. The summed E-state index contributed by atoms with van der Waals surface area (Å²) in [6.07, 6.45) is 3.63. The maximum Gasteiger partial charge on any atom is 0.161 e. The molecule has 5 nitrogen and oxygen atoms in total. The molecule has 1 aromatic carbocycles. The lowest BCUT2D eigenvalue weighted by Crippen LogP contribution is -2.11. The van der Waals surface area contributed by atoms with E-state index in [0.717, 1.165) is 5.56 Å². The largest absolute Gasteiger partial charge is 0.490 e. The van der Waals surface area contributed by atoms with Crippen LogP contribution in [0.3, 0.4) is 0 Å². The van der Waals surface area contributed by atoms with Crippen LogP contribution in [0, 0.1) is 0 Å². The lowest BCUT2D eigenvalue weighted by atomic mass is 10.2. The van der Waals surface area contributed by atoms with Crippen molar-refractivity contribution in [3.63, 3.8) is 0 Å². The van der Waals surface area contributed by atoms with Gasteiger partial charge in [-0.3, -0.25) is 4.68 Å². The minimum Gasteiger partial charge on any atom is -0.490 e. The van der Waals surface area contributed by atoms with Gasteiger partial charge in [0.15, 0.2) is 11.5 Å². The molecule has 106 valence electrons. The van der Waals surface area contributed by atoms with Gasteiger partial charge in [-0.05, 0) is 31.2 Å². The summed E-state index contributed by atoms with van der Waals surface area (Å²) in [5.41, 5.74) is 6.38. The standard InChI is InChI=1S/C14H17N3O2S/c1-2-18-13-10-11(14(15)20)4-5-12(13)19-9-8-17-7-3-6-16-17/h3-7,10H,2,8-9H2,1H3,(H2,15,20). The van der Waals surface area contributed by atoms with E-state index in [1.54, 1.807) is 12.3 Å². The summed E-state index contributed by atoms with van der Waals surface area (Å²) >= 11 is 4.96. The fourth-order valence-corrected chi connectivity index (χ4v) is 1.86. The molecule has 0 aliphatic rings. The van der Waals surface area contributed by atoms with Crippen LogP contribution in [0.25, 0.3) is 0 Å². The number of rotatable bonds is 7. The zero-order valence-electron chi connectivity index (χ0n) is 11.3. The molecular formula is C14H17N3O2S. The van der Waals surface area contributed by atoms with E-state index in [1.165, 1.54) is 0 Å². The van der Waals surface area contributed by atoms with E-state index in [4.69, 9.17) is 27.4 Å². The fourth-order valence-electron chi connectivity index (χ4n) is 1.73. The summed E-state index contributed by atoms with van der Waals surface area (Å²) in [6.45, 7) is 3.65. The smallest absolute Gasteiger partial charge is 0.161 e. The Morgan fingerprint density at radius 2 is 2.20 bits per heavy atom. The fraction of sp³-hybridized carbons (Fsp3) is 0.286. The highest BCUT2D eigenvalue weighted by molar-refractivity contribution is 7.80. The number of nitrogens with two attached hydrogens (primary N) is 1. The van der Waals surface area contributed by atoms with Crippen molar-refractivity contribution in [3.8, 4) is 11.5 Å². The van der Waals surface area contributed by atoms with Crippen LogP contribution in [0.5, 0.6) is 11.5 Å². The van der Waals surface area contributed by atoms with Crippen LogP contribution in [0.15, 0.2) is 36.7 Å². The van der Waals surface area contributed by atoms with Crippen molar-refractivity contribution in [1.29, 1.82) is 0 Å². The van der Waals surface area contributed by atoms with Gasteiger partial charge in [0.1, 0.15) is 11.6 Å². The number of hydrogen-bond donors (Lipinski definition) is 1. The molecule has 2 N–H and O–H groups in total. The van der Waals surface area contributed by atoms with Crippen molar-refractivity contribution in [1.82, 2.24) is 9.78 Å². The topological polar surface area (TPSA) is 62.3 Å². The monoisotopic (exact) mass is 291 g/mol. The second-order valence-electron chi connectivity index (χ2n) is 4.08. The first kappa shape index (κ1) is 14.3. The van der Waals surface area contributed by atoms with Gasteiger partial charge in [0, 0.05) is 18.0 Å². The van der Waals surface area contributed by atoms with Crippen LogP contribution in [0.4, 0.5) is 0 Å². The van der Waals surface area contributed by atoms with Gasteiger partial charge >= 0.3 is 0 Å². The van der Waals surface area contributed by atoms with Crippen LogP contribution in [-0.2, 0) is 6.54 Å². The third kappa shape index (κ3) is 3.71. The van der Waals surface area contributed by atoms with Gasteiger partial charge in [-0.15, -0.1) is 0 Å². The first-order chi connectivity index (χ1) is 9.70.